The molecule has 4 fully saturated rings. The zero-order valence-corrected chi connectivity index (χ0v) is 31.7. The predicted molar refractivity (Wildman–Crippen MR) is 188 cm³/mol. The second-order valence-corrected chi connectivity index (χ2v) is 18.2. The molecule has 0 N–H and O–H groups in total. The Morgan fingerprint density at radius 1 is 0.820 bits per heavy atom. The van der Waals surface area contributed by atoms with Gasteiger partial charge in [-0.25, -0.2) is 9.59 Å². The van der Waals surface area contributed by atoms with Gasteiger partial charge in [0.2, 0.25) is 0 Å². The Bertz CT molecular complexity index is 1550. The molecule has 274 valence electrons. The van der Waals surface area contributed by atoms with E-state index in [1.54, 1.807) is 0 Å². The molecule has 0 radical (unpaired) electrons. The molecule has 0 aromatic heterocycles. The van der Waals surface area contributed by atoms with Crippen LogP contribution in [-0.2, 0) is 44.7 Å². The van der Waals surface area contributed by atoms with E-state index in [0.717, 1.165) is 50.5 Å². The van der Waals surface area contributed by atoms with Gasteiger partial charge >= 0.3 is 17.9 Å². The van der Waals surface area contributed by atoms with E-state index < -0.39 is 28.9 Å². The van der Waals surface area contributed by atoms with Crippen molar-refractivity contribution in [3.63, 3.8) is 0 Å². The summed E-state index contributed by atoms with van der Waals surface area (Å²) < 4.78 is 22.0. The number of fused-ring (bicyclic) bond motifs is 7. The summed E-state index contributed by atoms with van der Waals surface area (Å²) in [6.07, 6.45) is 7.89. The minimum atomic E-state index is -1.44. The van der Waals surface area contributed by atoms with Gasteiger partial charge in [-0.05, 0) is 115 Å². The molecule has 9 atom stereocenters. The summed E-state index contributed by atoms with van der Waals surface area (Å²) in [5.74, 6) is -1.36. The van der Waals surface area contributed by atoms with Gasteiger partial charge in [-0.3, -0.25) is 9.59 Å². The van der Waals surface area contributed by atoms with Gasteiger partial charge in [0.1, 0.15) is 6.61 Å². The first-order chi connectivity index (χ1) is 23.4. The highest BCUT2D eigenvalue weighted by atomic mass is 16.6. The molecule has 0 bridgehead atoms. The van der Waals surface area contributed by atoms with Crippen molar-refractivity contribution in [3.8, 4) is 0 Å². The Hall–Kier alpha value is -3.00. The van der Waals surface area contributed by atoms with Gasteiger partial charge in [0.05, 0.1) is 25.7 Å². The quantitative estimate of drug-likeness (QED) is 0.162. The number of benzene rings is 1. The van der Waals surface area contributed by atoms with Crippen LogP contribution in [0.15, 0.2) is 42.0 Å². The maximum absolute atomic E-state index is 14.8. The van der Waals surface area contributed by atoms with Crippen LogP contribution in [0.2, 0.25) is 0 Å². The third-order valence-corrected chi connectivity index (χ3v) is 15.3. The summed E-state index contributed by atoms with van der Waals surface area (Å²) in [4.78, 5) is 53.7. The molecule has 5 aliphatic carbocycles. The van der Waals surface area contributed by atoms with E-state index in [9.17, 15) is 19.2 Å². The van der Waals surface area contributed by atoms with E-state index in [4.69, 9.17) is 18.9 Å². The van der Waals surface area contributed by atoms with Gasteiger partial charge < -0.3 is 18.9 Å². The van der Waals surface area contributed by atoms with Crippen LogP contribution in [0.3, 0.4) is 0 Å². The van der Waals surface area contributed by atoms with E-state index in [0.29, 0.717) is 12.8 Å². The van der Waals surface area contributed by atoms with E-state index in [1.807, 2.05) is 36.4 Å². The number of hydrogen-bond acceptors (Lipinski definition) is 8. The number of hydrogen-bond donors (Lipinski definition) is 0. The molecule has 0 saturated heterocycles. The first kappa shape index (κ1) is 36.8. The first-order valence-electron chi connectivity index (χ1n) is 18.7. The molecule has 0 aliphatic heterocycles. The maximum Gasteiger partial charge on any atom is 0.346 e. The zero-order chi connectivity index (χ0) is 36.5. The van der Waals surface area contributed by atoms with Crippen molar-refractivity contribution >= 4 is 23.7 Å². The first-order valence-corrected chi connectivity index (χ1v) is 18.7. The second kappa shape index (κ2) is 12.6. The third-order valence-electron chi connectivity index (χ3n) is 15.3. The highest BCUT2D eigenvalue weighted by Gasteiger charge is 2.70. The Kier molecular flexibility index (Phi) is 9.26. The van der Waals surface area contributed by atoms with Crippen LogP contribution in [0.5, 0.6) is 0 Å². The standard InChI is InChI=1S/C42H58O8/c1-37(2)30-15-18-42(7)33(40(30,5)17-16-31(37)50-32(34(44)47-8)35(45)48-9)29(43)23-27-28-24-39(4,20-19-38(28,3)21-22-41(27,42)6)36(46)49-25-26-13-11-10-12-14-26/h10-14,23,28,30-33H,15-22,24-25H2,1-9H3/t28-,30-,31-,33+,38+,39-,40-,41+,42+/m0/s1. The topological polar surface area (TPSA) is 105 Å². The minimum absolute atomic E-state index is 0.0301. The number of allylic oxidation sites excluding steroid dienone is 2. The average Bonchev–Trinajstić information content (AvgIpc) is 3.08. The van der Waals surface area contributed by atoms with Gasteiger partial charge in [0, 0.05) is 5.92 Å². The Balaban J connectivity index is 1.29. The van der Waals surface area contributed by atoms with E-state index in [-0.39, 0.29) is 63.9 Å². The number of ketones is 1. The second-order valence-electron chi connectivity index (χ2n) is 18.2. The molecule has 0 unspecified atom stereocenters. The van der Waals surface area contributed by atoms with E-state index in [1.165, 1.54) is 19.8 Å². The molecule has 6 rings (SSSR count). The lowest BCUT2D eigenvalue weighted by molar-refractivity contribution is -0.220. The lowest BCUT2D eigenvalue weighted by Crippen LogP contribution is -2.67. The Morgan fingerprint density at radius 3 is 2.10 bits per heavy atom. The lowest BCUT2D eigenvalue weighted by Gasteiger charge is -2.70. The van der Waals surface area contributed by atoms with Crippen LogP contribution in [-0.4, -0.2) is 50.1 Å². The molecule has 0 spiro atoms. The monoisotopic (exact) mass is 690 g/mol. The van der Waals surface area contributed by atoms with E-state index in [2.05, 4.69) is 48.5 Å². The minimum Gasteiger partial charge on any atom is -0.467 e. The van der Waals surface area contributed by atoms with Gasteiger partial charge in [-0.2, -0.15) is 0 Å². The maximum atomic E-state index is 14.8. The van der Waals surface area contributed by atoms with Crippen molar-refractivity contribution in [2.75, 3.05) is 14.2 Å². The number of methoxy groups -OCH3 is 2. The van der Waals surface area contributed by atoms with Crippen LogP contribution in [0.1, 0.15) is 112 Å². The van der Waals surface area contributed by atoms with Crippen molar-refractivity contribution < 1.29 is 38.1 Å². The van der Waals surface area contributed by atoms with E-state index >= 15 is 0 Å². The molecule has 1 aromatic carbocycles. The van der Waals surface area contributed by atoms with Gasteiger partial charge in [-0.1, -0.05) is 77.4 Å². The molecule has 8 heteroatoms. The fourth-order valence-electron chi connectivity index (χ4n) is 12.1. The zero-order valence-electron chi connectivity index (χ0n) is 31.7. The molecule has 5 aliphatic rings. The summed E-state index contributed by atoms with van der Waals surface area (Å²) >= 11 is 0. The van der Waals surface area contributed by atoms with Crippen LogP contribution in [0, 0.1) is 50.2 Å². The van der Waals surface area contributed by atoms with Crippen LogP contribution < -0.4 is 0 Å². The van der Waals surface area contributed by atoms with Crippen LogP contribution in [0.4, 0.5) is 0 Å². The van der Waals surface area contributed by atoms with Crippen LogP contribution in [0.25, 0.3) is 0 Å². The largest absolute Gasteiger partial charge is 0.467 e. The summed E-state index contributed by atoms with van der Waals surface area (Å²) in [7, 11) is 2.48. The SMILES string of the molecule is COC(=O)C(O[C@H]1CC[C@]2(C)[C@H]3C(=O)C=C4[C@@H]5C[C@@](C)(C(=O)OCc6ccccc6)CC[C@]5(C)CC[C@@]4(C)[C@]3(C)CC[C@H]2C1(C)C)C(=O)OC. The number of rotatable bonds is 7. The smallest absolute Gasteiger partial charge is 0.346 e. The fraction of sp³-hybridized carbons (Fsp3) is 0.714. The van der Waals surface area contributed by atoms with Crippen molar-refractivity contribution in [1.29, 1.82) is 0 Å². The normalized spacial score (nSPS) is 40.3. The highest BCUT2D eigenvalue weighted by molar-refractivity contribution is 5.98. The summed E-state index contributed by atoms with van der Waals surface area (Å²) in [6, 6.07) is 9.83. The third kappa shape index (κ3) is 5.49. The van der Waals surface area contributed by atoms with Crippen molar-refractivity contribution in [2.45, 2.75) is 125 Å². The molecule has 0 amide bonds. The molecule has 8 nitrogen and oxygen atoms in total. The highest BCUT2D eigenvalue weighted by Crippen LogP contribution is 2.75. The number of carbonyl (C=O) groups excluding carboxylic acids is 4. The number of carbonyl (C=O) groups is 4. The Labute approximate surface area is 298 Å². The predicted octanol–water partition coefficient (Wildman–Crippen LogP) is 7.81. The molecular weight excluding hydrogens is 632 g/mol. The van der Waals surface area contributed by atoms with Crippen molar-refractivity contribution in [2.24, 2.45) is 50.2 Å². The fourth-order valence-corrected chi connectivity index (χ4v) is 12.1. The summed E-state index contributed by atoms with van der Waals surface area (Å²) in [5, 5.41) is 0. The Morgan fingerprint density at radius 2 is 1.46 bits per heavy atom. The van der Waals surface area contributed by atoms with Crippen molar-refractivity contribution in [1.82, 2.24) is 0 Å². The molecule has 4 saturated carbocycles. The molecule has 1 aromatic rings. The number of ether oxygens (including phenoxy) is 4. The molecular formula is C42H58O8. The number of esters is 3. The summed E-state index contributed by atoms with van der Waals surface area (Å²) in [6.45, 7) is 16.1. The van der Waals surface area contributed by atoms with Crippen LogP contribution >= 0.6 is 0 Å². The van der Waals surface area contributed by atoms with Gasteiger partial charge in [0.25, 0.3) is 6.10 Å². The molecule has 0 heterocycles. The summed E-state index contributed by atoms with van der Waals surface area (Å²) in [5.41, 5.74) is 0.494. The van der Waals surface area contributed by atoms with Gasteiger partial charge in [-0.15, -0.1) is 0 Å². The average molecular weight is 691 g/mol. The van der Waals surface area contributed by atoms with Crippen molar-refractivity contribution in [3.05, 3.63) is 47.5 Å². The lowest BCUT2D eigenvalue weighted by atomic mass is 9.33. The molecule has 50 heavy (non-hydrogen) atoms. The van der Waals surface area contributed by atoms with Gasteiger partial charge in [0.15, 0.2) is 5.78 Å².